The van der Waals surface area contributed by atoms with Crippen LogP contribution < -0.4 is 10.9 Å². The molecule has 3 heterocycles. The van der Waals surface area contributed by atoms with Crippen LogP contribution in [-0.4, -0.2) is 48.9 Å². The lowest BCUT2D eigenvalue weighted by Gasteiger charge is -2.26. The van der Waals surface area contributed by atoms with Gasteiger partial charge in [-0.1, -0.05) is 18.2 Å². The zero-order chi connectivity index (χ0) is 20.9. The molecule has 30 heavy (non-hydrogen) atoms. The van der Waals surface area contributed by atoms with Crippen molar-refractivity contribution < 1.29 is 12.8 Å². The first-order valence-electron chi connectivity index (χ1n) is 9.60. The average Bonchev–Trinajstić information content (AvgIpc) is 3.09. The maximum atomic E-state index is 15.3. The third kappa shape index (κ3) is 3.02. The molecule has 154 valence electrons. The maximum Gasteiger partial charge on any atom is 0.257 e. The van der Waals surface area contributed by atoms with Gasteiger partial charge in [-0.2, -0.15) is 4.31 Å². The molecule has 0 radical (unpaired) electrons. The van der Waals surface area contributed by atoms with Gasteiger partial charge in [-0.25, -0.2) is 12.8 Å². The third-order valence-corrected chi connectivity index (χ3v) is 7.34. The summed E-state index contributed by atoms with van der Waals surface area (Å²) in [6, 6.07) is 13.2. The number of aromatic amines is 2. The number of nitrogens with zero attached hydrogens (tertiary/aromatic N) is 1. The number of rotatable bonds is 3. The first-order chi connectivity index (χ1) is 14.4. The lowest BCUT2D eigenvalue weighted by atomic mass is 10.1. The van der Waals surface area contributed by atoms with E-state index in [0.29, 0.717) is 37.2 Å². The van der Waals surface area contributed by atoms with Crippen molar-refractivity contribution in [3.8, 4) is 11.3 Å². The molecule has 2 aromatic heterocycles. The van der Waals surface area contributed by atoms with E-state index in [0.717, 1.165) is 5.39 Å². The van der Waals surface area contributed by atoms with Crippen LogP contribution in [0.4, 0.5) is 4.39 Å². The molecule has 1 saturated heterocycles. The number of hydrogen-bond donors (Lipinski definition) is 3. The second kappa shape index (κ2) is 7.05. The lowest BCUT2D eigenvalue weighted by Crippen LogP contribution is -2.46. The Labute approximate surface area is 171 Å². The van der Waals surface area contributed by atoms with Gasteiger partial charge in [-0.05, 0) is 35.7 Å². The van der Waals surface area contributed by atoms with Crippen LogP contribution >= 0.6 is 0 Å². The summed E-state index contributed by atoms with van der Waals surface area (Å²) in [5, 5.41) is 4.02. The Morgan fingerprint density at radius 3 is 2.50 bits per heavy atom. The zero-order valence-corrected chi connectivity index (χ0v) is 16.7. The summed E-state index contributed by atoms with van der Waals surface area (Å²) in [5.41, 5.74) is 0.858. The normalized spacial score (nSPS) is 15.8. The molecule has 4 aromatic rings. The van der Waals surface area contributed by atoms with Crippen LogP contribution in [0.5, 0.6) is 0 Å². The monoisotopic (exact) mass is 426 g/mol. The SMILES string of the molecule is O=c1[nH]c2ccccc2cc1-c1[nH]c2ccc(S(=O)(=O)N3CCNCC3)cc2c1F. The van der Waals surface area contributed by atoms with E-state index >= 15 is 4.39 Å². The van der Waals surface area contributed by atoms with Gasteiger partial charge in [0.2, 0.25) is 10.0 Å². The van der Waals surface area contributed by atoms with Gasteiger partial charge in [0, 0.05) is 42.6 Å². The first-order valence-corrected chi connectivity index (χ1v) is 11.0. The van der Waals surface area contributed by atoms with Crippen molar-refractivity contribution in [2.24, 2.45) is 0 Å². The van der Waals surface area contributed by atoms with Crippen LogP contribution in [0, 0.1) is 5.82 Å². The minimum Gasteiger partial charge on any atom is -0.352 e. The standard InChI is InChI=1S/C21H19FN4O3S/c22-19-15-12-14(30(28,29)26-9-7-23-8-10-26)5-6-18(15)24-20(19)16-11-13-3-1-2-4-17(13)25-21(16)27/h1-6,11-12,23-24H,7-10H2,(H,25,27). The van der Waals surface area contributed by atoms with Gasteiger partial charge < -0.3 is 15.3 Å². The van der Waals surface area contributed by atoms with Gasteiger partial charge >= 0.3 is 0 Å². The number of halogens is 1. The predicted octanol–water partition coefficient (Wildman–Crippen LogP) is 2.41. The average molecular weight is 426 g/mol. The molecule has 0 bridgehead atoms. The highest BCUT2D eigenvalue weighted by atomic mass is 32.2. The van der Waals surface area contributed by atoms with E-state index in [1.807, 2.05) is 18.2 Å². The third-order valence-electron chi connectivity index (χ3n) is 5.44. The summed E-state index contributed by atoms with van der Waals surface area (Å²) in [6.45, 7) is 1.89. The number of piperazine rings is 1. The molecule has 0 spiro atoms. The summed E-state index contributed by atoms with van der Waals surface area (Å²) >= 11 is 0. The molecule has 9 heteroatoms. The van der Waals surface area contributed by atoms with Gasteiger partial charge in [-0.3, -0.25) is 4.79 Å². The number of hydrogen-bond acceptors (Lipinski definition) is 4. The molecule has 0 atom stereocenters. The number of nitrogens with one attached hydrogen (secondary N) is 3. The van der Waals surface area contributed by atoms with E-state index in [2.05, 4.69) is 15.3 Å². The van der Waals surface area contributed by atoms with E-state index in [9.17, 15) is 13.2 Å². The van der Waals surface area contributed by atoms with E-state index in [-0.39, 0.29) is 21.5 Å². The molecule has 0 saturated carbocycles. The minimum absolute atomic E-state index is 0.0359. The Bertz CT molecular complexity index is 1440. The molecule has 1 aliphatic heterocycles. The van der Waals surface area contributed by atoms with Crippen LogP contribution in [0.2, 0.25) is 0 Å². The summed E-state index contributed by atoms with van der Waals surface area (Å²) < 4.78 is 42.6. The minimum atomic E-state index is -3.72. The Kier molecular flexibility index (Phi) is 4.46. The maximum absolute atomic E-state index is 15.3. The fourth-order valence-electron chi connectivity index (χ4n) is 3.85. The van der Waals surface area contributed by atoms with E-state index in [4.69, 9.17) is 0 Å². The number of benzene rings is 2. The van der Waals surface area contributed by atoms with Crippen molar-refractivity contribution >= 4 is 31.8 Å². The van der Waals surface area contributed by atoms with E-state index in [1.165, 1.54) is 22.5 Å². The molecule has 7 nitrogen and oxygen atoms in total. The number of aromatic nitrogens is 2. The zero-order valence-electron chi connectivity index (χ0n) is 15.9. The first kappa shape index (κ1) is 19.0. The number of para-hydroxylation sites is 1. The summed E-state index contributed by atoms with van der Waals surface area (Å²) in [5.74, 6) is -0.650. The van der Waals surface area contributed by atoms with Crippen LogP contribution in [-0.2, 0) is 10.0 Å². The topological polar surface area (TPSA) is 98.1 Å². The fourth-order valence-corrected chi connectivity index (χ4v) is 5.32. The number of sulfonamides is 1. The number of H-pyrrole nitrogens is 2. The quantitative estimate of drug-likeness (QED) is 0.469. The van der Waals surface area contributed by atoms with Crippen LogP contribution in [0.3, 0.4) is 0 Å². The van der Waals surface area contributed by atoms with Crippen molar-refractivity contribution in [1.29, 1.82) is 0 Å². The summed E-state index contributed by atoms with van der Waals surface area (Å²) in [4.78, 5) is 18.3. The predicted molar refractivity (Wildman–Crippen MR) is 113 cm³/mol. The Morgan fingerprint density at radius 2 is 1.70 bits per heavy atom. The van der Waals surface area contributed by atoms with Gasteiger partial charge in [-0.15, -0.1) is 0 Å². The van der Waals surface area contributed by atoms with Crippen molar-refractivity contribution in [3.05, 3.63) is 64.7 Å². The molecule has 0 amide bonds. The van der Waals surface area contributed by atoms with Gasteiger partial charge in [0.25, 0.3) is 5.56 Å². The van der Waals surface area contributed by atoms with Crippen LogP contribution in [0.15, 0.2) is 58.2 Å². The highest BCUT2D eigenvalue weighted by molar-refractivity contribution is 7.89. The van der Waals surface area contributed by atoms with Crippen molar-refractivity contribution in [2.45, 2.75) is 4.90 Å². The largest absolute Gasteiger partial charge is 0.352 e. The molecule has 1 fully saturated rings. The summed E-state index contributed by atoms with van der Waals surface area (Å²) in [6.07, 6.45) is 0. The Morgan fingerprint density at radius 1 is 0.933 bits per heavy atom. The van der Waals surface area contributed by atoms with Gasteiger partial charge in [0.1, 0.15) is 0 Å². The molecule has 5 rings (SSSR count). The highest BCUT2D eigenvalue weighted by Gasteiger charge is 2.27. The highest BCUT2D eigenvalue weighted by Crippen LogP contribution is 2.30. The van der Waals surface area contributed by atoms with E-state index < -0.39 is 21.4 Å². The molecule has 2 aromatic carbocycles. The van der Waals surface area contributed by atoms with Crippen LogP contribution in [0.25, 0.3) is 33.1 Å². The second-order valence-electron chi connectivity index (χ2n) is 7.27. The van der Waals surface area contributed by atoms with Crippen molar-refractivity contribution in [1.82, 2.24) is 19.6 Å². The van der Waals surface area contributed by atoms with Crippen molar-refractivity contribution in [3.63, 3.8) is 0 Å². The van der Waals surface area contributed by atoms with E-state index in [1.54, 1.807) is 12.1 Å². The Hall–Kier alpha value is -3.01. The lowest BCUT2D eigenvalue weighted by molar-refractivity contribution is 0.360. The summed E-state index contributed by atoms with van der Waals surface area (Å²) in [7, 11) is -3.72. The molecule has 1 aliphatic rings. The number of fused-ring (bicyclic) bond motifs is 2. The molecule has 0 aliphatic carbocycles. The van der Waals surface area contributed by atoms with Crippen LogP contribution in [0.1, 0.15) is 0 Å². The molecule has 3 N–H and O–H groups in total. The second-order valence-corrected chi connectivity index (χ2v) is 9.21. The van der Waals surface area contributed by atoms with Gasteiger partial charge in [0.15, 0.2) is 5.82 Å². The smallest absolute Gasteiger partial charge is 0.257 e. The number of pyridine rings is 1. The van der Waals surface area contributed by atoms with Gasteiger partial charge in [0.05, 0.1) is 16.2 Å². The fraction of sp³-hybridized carbons (Fsp3) is 0.190. The molecule has 0 unspecified atom stereocenters. The molecular weight excluding hydrogens is 407 g/mol. The Balaban J connectivity index is 1.63. The molecular formula is C21H19FN4O3S. The van der Waals surface area contributed by atoms with Crippen molar-refractivity contribution in [2.75, 3.05) is 26.2 Å².